The molecule has 1 aliphatic rings. The van der Waals surface area contributed by atoms with Gasteiger partial charge in [0.2, 0.25) is 0 Å². The summed E-state index contributed by atoms with van der Waals surface area (Å²) in [6, 6.07) is 10.1. The van der Waals surface area contributed by atoms with Crippen molar-refractivity contribution in [3.05, 3.63) is 30.3 Å². The Hall–Kier alpha value is -0.770. The van der Waals surface area contributed by atoms with Crippen LogP contribution in [0.25, 0.3) is 0 Å². The lowest BCUT2D eigenvalue weighted by Crippen LogP contribution is -2.33. The highest BCUT2D eigenvalue weighted by molar-refractivity contribution is 8.56. The van der Waals surface area contributed by atoms with Crippen molar-refractivity contribution in [3.8, 4) is 0 Å². The van der Waals surface area contributed by atoms with E-state index in [1.807, 2.05) is 41.9 Å². The summed E-state index contributed by atoms with van der Waals surface area (Å²) < 4.78 is 21.3. The number of para-hydroxylation sites is 1. The quantitative estimate of drug-likeness (QED) is 0.293. The molecule has 0 bridgehead atoms. The van der Waals surface area contributed by atoms with Gasteiger partial charge < -0.3 is 4.52 Å². The zero-order valence-corrected chi connectivity index (χ0v) is 16.5. The average Bonchev–Trinajstić information content (AvgIpc) is 2.62. The summed E-state index contributed by atoms with van der Waals surface area (Å²) in [6.45, 7) is 1.52. The first-order valence-corrected chi connectivity index (χ1v) is 12.1. The summed E-state index contributed by atoms with van der Waals surface area (Å²) in [6.07, 6.45) is 8.51. The minimum atomic E-state index is -2.95. The molecule has 6 heteroatoms. The molecule has 1 atom stereocenters. The number of hydrogen-bond donors (Lipinski definition) is 0. The Morgan fingerprint density at radius 3 is 2.58 bits per heavy atom. The van der Waals surface area contributed by atoms with Gasteiger partial charge >= 0.3 is 6.72 Å². The number of rotatable bonds is 9. The molecule has 1 unspecified atom stereocenters. The fraction of sp³-hybridized carbons (Fsp3) is 0.611. The van der Waals surface area contributed by atoms with E-state index in [0.29, 0.717) is 6.61 Å². The van der Waals surface area contributed by atoms with E-state index in [1.54, 1.807) is 6.34 Å². The van der Waals surface area contributed by atoms with Gasteiger partial charge in [-0.2, -0.15) is 0 Å². The van der Waals surface area contributed by atoms with Crippen LogP contribution in [0.1, 0.15) is 52.4 Å². The number of hydrogen-bond acceptors (Lipinski definition) is 4. The summed E-state index contributed by atoms with van der Waals surface area (Å²) in [4.78, 5) is 4.57. The number of aliphatic imine (C=N–C) groups is 1. The van der Waals surface area contributed by atoms with Gasteiger partial charge in [-0.1, -0.05) is 44.4 Å². The zero-order valence-electron chi connectivity index (χ0n) is 14.8. The van der Waals surface area contributed by atoms with Crippen LogP contribution in [0.4, 0.5) is 5.69 Å². The van der Waals surface area contributed by atoms with Crippen LogP contribution < -0.4 is 0 Å². The Morgan fingerprint density at radius 2 is 1.96 bits per heavy atom. The van der Waals surface area contributed by atoms with Gasteiger partial charge in [-0.05, 0) is 49.7 Å². The van der Waals surface area contributed by atoms with Crippen LogP contribution >= 0.6 is 18.1 Å². The molecule has 0 heterocycles. The molecule has 0 radical (unpaired) electrons. The molecule has 2 rings (SSSR count). The van der Waals surface area contributed by atoms with Crippen LogP contribution in [0.15, 0.2) is 35.3 Å². The average molecular weight is 368 g/mol. The predicted molar refractivity (Wildman–Crippen MR) is 105 cm³/mol. The van der Waals surface area contributed by atoms with Crippen LogP contribution in [-0.4, -0.2) is 29.4 Å². The molecular weight excluding hydrogens is 339 g/mol. The fourth-order valence-electron chi connectivity index (χ4n) is 2.88. The first-order valence-electron chi connectivity index (χ1n) is 8.96. The molecule has 4 nitrogen and oxygen atoms in total. The van der Waals surface area contributed by atoms with Crippen molar-refractivity contribution in [2.75, 3.05) is 12.4 Å². The Balaban J connectivity index is 2.25. The zero-order chi connectivity index (χ0) is 17.3. The summed E-state index contributed by atoms with van der Waals surface area (Å²) in [5, 5.41) is 0. The summed E-state index contributed by atoms with van der Waals surface area (Å²) >= 11 is 1.45. The molecule has 0 aromatic heterocycles. The Labute approximate surface area is 150 Å². The van der Waals surface area contributed by atoms with Crippen molar-refractivity contribution >= 4 is 30.1 Å². The molecule has 1 aliphatic carbocycles. The lowest BCUT2D eigenvalue weighted by molar-refractivity contribution is 0.271. The van der Waals surface area contributed by atoms with E-state index in [9.17, 15) is 4.57 Å². The smallest absolute Gasteiger partial charge is 0.306 e. The van der Waals surface area contributed by atoms with Crippen LogP contribution in [0.2, 0.25) is 0 Å². The minimum Gasteiger partial charge on any atom is -0.306 e. The molecular formula is C18H29N2O2PS. The molecule has 0 aliphatic heterocycles. The second-order valence-electron chi connectivity index (χ2n) is 5.97. The topological polar surface area (TPSA) is 41.9 Å². The van der Waals surface area contributed by atoms with Crippen LogP contribution in [-0.2, 0) is 9.09 Å². The molecule has 0 saturated heterocycles. The predicted octanol–water partition coefficient (Wildman–Crippen LogP) is 6.27. The van der Waals surface area contributed by atoms with Gasteiger partial charge in [-0.3, -0.25) is 9.24 Å². The highest BCUT2D eigenvalue weighted by atomic mass is 32.7. The van der Waals surface area contributed by atoms with Crippen LogP contribution in [0.3, 0.4) is 0 Å². The van der Waals surface area contributed by atoms with Gasteiger partial charge in [-0.25, -0.2) is 4.99 Å². The monoisotopic (exact) mass is 368 g/mol. The molecule has 0 spiro atoms. The van der Waals surface area contributed by atoms with Gasteiger partial charge in [0.25, 0.3) is 0 Å². The maximum atomic E-state index is 13.6. The molecule has 134 valence electrons. The van der Waals surface area contributed by atoms with Crippen molar-refractivity contribution in [1.29, 1.82) is 0 Å². The van der Waals surface area contributed by atoms with Crippen molar-refractivity contribution in [1.82, 2.24) is 4.67 Å². The summed E-state index contributed by atoms with van der Waals surface area (Å²) in [7, 11) is 0. The second-order valence-corrected chi connectivity index (χ2v) is 10.5. The Bertz CT molecular complexity index is 547. The highest BCUT2D eigenvalue weighted by Crippen LogP contribution is 2.63. The van der Waals surface area contributed by atoms with Crippen molar-refractivity contribution in [3.63, 3.8) is 0 Å². The van der Waals surface area contributed by atoms with Gasteiger partial charge in [0.05, 0.1) is 18.6 Å². The molecule has 1 saturated carbocycles. The van der Waals surface area contributed by atoms with Gasteiger partial charge in [0.1, 0.15) is 0 Å². The SMILES string of the molecule is CCCSP(=O)(OCC)N(C=Nc1ccccc1)C1CCCCC1. The first kappa shape index (κ1) is 19.6. The van der Waals surface area contributed by atoms with Gasteiger partial charge in [0.15, 0.2) is 0 Å². The van der Waals surface area contributed by atoms with Crippen molar-refractivity contribution in [2.45, 2.75) is 58.4 Å². The van der Waals surface area contributed by atoms with E-state index < -0.39 is 6.72 Å². The van der Waals surface area contributed by atoms with E-state index in [2.05, 4.69) is 11.9 Å². The minimum absolute atomic E-state index is 0.257. The third kappa shape index (κ3) is 5.65. The lowest BCUT2D eigenvalue weighted by atomic mass is 9.96. The van der Waals surface area contributed by atoms with E-state index in [1.165, 1.54) is 30.6 Å². The van der Waals surface area contributed by atoms with E-state index >= 15 is 0 Å². The standard InChI is InChI=1S/C18H29N2O2PS/c1-3-15-24-23(21,22-4-2)20(18-13-9-6-10-14-18)16-19-17-11-7-5-8-12-17/h5,7-8,11-12,16,18H,3-4,6,9-10,13-15H2,1-2H3. The Kier molecular flexibility index (Phi) is 8.37. The van der Waals surface area contributed by atoms with Gasteiger partial charge in [-0.15, -0.1) is 0 Å². The van der Waals surface area contributed by atoms with Crippen LogP contribution in [0, 0.1) is 0 Å². The van der Waals surface area contributed by atoms with Gasteiger partial charge in [0, 0.05) is 11.8 Å². The van der Waals surface area contributed by atoms with Crippen LogP contribution in [0.5, 0.6) is 0 Å². The Morgan fingerprint density at radius 1 is 1.25 bits per heavy atom. The molecule has 0 amide bonds. The van der Waals surface area contributed by atoms with E-state index in [0.717, 1.165) is 30.7 Å². The molecule has 1 aromatic carbocycles. The number of benzene rings is 1. The van der Waals surface area contributed by atoms with Crippen molar-refractivity contribution < 1.29 is 9.09 Å². The highest BCUT2D eigenvalue weighted by Gasteiger charge is 2.36. The maximum absolute atomic E-state index is 13.6. The molecule has 0 N–H and O–H groups in total. The van der Waals surface area contributed by atoms with E-state index in [4.69, 9.17) is 4.52 Å². The molecule has 1 aromatic rings. The first-order chi connectivity index (χ1) is 11.7. The third-order valence-electron chi connectivity index (χ3n) is 4.06. The largest absolute Gasteiger partial charge is 0.354 e. The normalized spacial score (nSPS) is 18.6. The molecule has 24 heavy (non-hydrogen) atoms. The van der Waals surface area contributed by atoms with Crippen molar-refractivity contribution in [2.24, 2.45) is 4.99 Å². The summed E-state index contributed by atoms with van der Waals surface area (Å²) in [5.41, 5.74) is 0.877. The number of nitrogens with zero attached hydrogens (tertiary/aromatic N) is 2. The maximum Gasteiger partial charge on any atom is 0.354 e. The fourth-order valence-corrected chi connectivity index (χ4v) is 7.48. The third-order valence-corrected chi connectivity index (χ3v) is 8.97. The van der Waals surface area contributed by atoms with E-state index in [-0.39, 0.29) is 6.04 Å². The second kappa shape index (κ2) is 10.3. The summed E-state index contributed by atoms with van der Waals surface area (Å²) in [5.74, 6) is 0.833. The molecule has 1 fully saturated rings. The lowest BCUT2D eigenvalue weighted by Gasteiger charge is -2.37.